The zero-order valence-corrected chi connectivity index (χ0v) is 10.1. The van der Waals surface area contributed by atoms with E-state index in [1.54, 1.807) is 0 Å². The summed E-state index contributed by atoms with van der Waals surface area (Å²) >= 11 is 0. The van der Waals surface area contributed by atoms with E-state index in [1.807, 2.05) is 36.5 Å². The van der Waals surface area contributed by atoms with E-state index >= 15 is 0 Å². The van der Waals surface area contributed by atoms with Crippen LogP contribution in [0.3, 0.4) is 0 Å². The first-order valence-corrected chi connectivity index (χ1v) is 6.19. The van der Waals surface area contributed by atoms with Crippen LogP contribution in [0.2, 0.25) is 0 Å². The highest BCUT2D eigenvalue weighted by molar-refractivity contribution is 5.59. The molecule has 3 rings (SSSR count). The van der Waals surface area contributed by atoms with Gasteiger partial charge in [0.2, 0.25) is 0 Å². The van der Waals surface area contributed by atoms with Crippen LogP contribution >= 0.6 is 0 Å². The van der Waals surface area contributed by atoms with Crippen LogP contribution in [-0.4, -0.2) is 16.1 Å². The average molecular weight is 240 g/mol. The normalized spacial score (nSPS) is 21.9. The maximum Gasteiger partial charge on any atom is 0.0702 e. The molecular weight excluding hydrogens is 224 g/mol. The number of nitrogens with two attached hydrogens (primary N) is 1. The molecule has 1 aromatic heterocycles. The van der Waals surface area contributed by atoms with Crippen molar-refractivity contribution in [1.29, 1.82) is 0 Å². The van der Waals surface area contributed by atoms with Crippen LogP contribution in [0.25, 0.3) is 11.3 Å². The fourth-order valence-electron chi connectivity index (χ4n) is 2.17. The zero-order valence-electron chi connectivity index (χ0n) is 10.1. The van der Waals surface area contributed by atoms with Gasteiger partial charge in [-0.3, -0.25) is 4.98 Å². The van der Waals surface area contributed by atoms with Crippen molar-refractivity contribution in [2.24, 2.45) is 5.73 Å². The van der Waals surface area contributed by atoms with Gasteiger partial charge in [0.1, 0.15) is 0 Å². The maximum absolute atomic E-state index is 9.00. The first kappa shape index (κ1) is 11.4. The Morgan fingerprint density at radius 2 is 1.89 bits per heavy atom. The Balaban J connectivity index is 1.83. The number of aliphatic hydroxyl groups is 1. The Hall–Kier alpha value is -1.71. The lowest BCUT2D eigenvalue weighted by Gasteiger charge is -2.04. The molecule has 3 nitrogen and oxygen atoms in total. The van der Waals surface area contributed by atoms with Crippen LogP contribution in [0.15, 0.2) is 42.6 Å². The van der Waals surface area contributed by atoms with Gasteiger partial charge in [0.25, 0.3) is 0 Å². The van der Waals surface area contributed by atoms with E-state index in [-0.39, 0.29) is 6.61 Å². The van der Waals surface area contributed by atoms with E-state index in [1.165, 1.54) is 5.56 Å². The average Bonchev–Trinajstić information content (AvgIpc) is 3.16. The standard InChI is InChI=1S/C15H16N2O/c16-14-7-13(14)12-5-6-15(17-8-12)11-3-1-10(9-18)2-4-11/h1-6,8,13-14,18H,7,9,16H2/t13-,14+/m1/s1. The topological polar surface area (TPSA) is 59.1 Å². The van der Waals surface area contributed by atoms with Crippen molar-refractivity contribution in [3.8, 4) is 11.3 Å². The third kappa shape index (κ3) is 2.15. The number of benzene rings is 1. The summed E-state index contributed by atoms with van der Waals surface area (Å²) in [5.41, 5.74) is 10.0. The van der Waals surface area contributed by atoms with Gasteiger partial charge in [-0.1, -0.05) is 30.3 Å². The first-order valence-electron chi connectivity index (χ1n) is 6.19. The van der Waals surface area contributed by atoms with E-state index in [2.05, 4.69) is 11.1 Å². The second kappa shape index (κ2) is 4.52. The SMILES string of the molecule is N[C@H]1C[C@@H]1c1ccc(-c2ccc(CO)cc2)nc1. The number of rotatable bonds is 3. The second-order valence-electron chi connectivity index (χ2n) is 4.84. The summed E-state index contributed by atoms with van der Waals surface area (Å²) in [5.74, 6) is 0.503. The van der Waals surface area contributed by atoms with E-state index in [0.717, 1.165) is 23.2 Å². The van der Waals surface area contributed by atoms with Crippen molar-refractivity contribution in [2.75, 3.05) is 0 Å². The summed E-state index contributed by atoms with van der Waals surface area (Å²) in [6.45, 7) is 0.0756. The van der Waals surface area contributed by atoms with Gasteiger partial charge in [-0.25, -0.2) is 0 Å². The Labute approximate surface area is 106 Å². The van der Waals surface area contributed by atoms with Gasteiger partial charge in [0, 0.05) is 23.7 Å². The lowest BCUT2D eigenvalue weighted by molar-refractivity contribution is 0.282. The van der Waals surface area contributed by atoms with Crippen molar-refractivity contribution in [3.05, 3.63) is 53.7 Å². The summed E-state index contributed by atoms with van der Waals surface area (Å²) < 4.78 is 0. The molecule has 1 saturated carbocycles. The van der Waals surface area contributed by atoms with E-state index in [9.17, 15) is 0 Å². The minimum absolute atomic E-state index is 0.0756. The lowest BCUT2D eigenvalue weighted by atomic mass is 10.1. The molecule has 0 amide bonds. The molecule has 3 N–H and O–H groups in total. The monoisotopic (exact) mass is 240 g/mol. The molecule has 1 fully saturated rings. The molecule has 92 valence electrons. The molecule has 0 unspecified atom stereocenters. The minimum Gasteiger partial charge on any atom is -0.392 e. The molecule has 2 atom stereocenters. The van der Waals surface area contributed by atoms with E-state index in [0.29, 0.717) is 12.0 Å². The van der Waals surface area contributed by atoms with Crippen molar-refractivity contribution in [3.63, 3.8) is 0 Å². The Morgan fingerprint density at radius 1 is 1.17 bits per heavy atom. The molecule has 18 heavy (non-hydrogen) atoms. The molecule has 0 aliphatic heterocycles. The molecule has 0 spiro atoms. The third-order valence-corrected chi connectivity index (χ3v) is 3.49. The van der Waals surface area contributed by atoms with Gasteiger partial charge in [-0.15, -0.1) is 0 Å². The fourth-order valence-corrected chi connectivity index (χ4v) is 2.17. The Kier molecular flexibility index (Phi) is 2.86. The lowest BCUT2D eigenvalue weighted by Crippen LogP contribution is -2.01. The molecule has 1 heterocycles. The molecule has 0 radical (unpaired) electrons. The Bertz CT molecular complexity index is 533. The van der Waals surface area contributed by atoms with Gasteiger partial charge in [-0.2, -0.15) is 0 Å². The maximum atomic E-state index is 9.00. The first-order chi connectivity index (χ1) is 8.78. The molecular formula is C15H16N2O. The van der Waals surface area contributed by atoms with Crippen LogP contribution in [0, 0.1) is 0 Å². The van der Waals surface area contributed by atoms with Crippen molar-refractivity contribution in [1.82, 2.24) is 4.98 Å². The van der Waals surface area contributed by atoms with Gasteiger partial charge >= 0.3 is 0 Å². The third-order valence-electron chi connectivity index (χ3n) is 3.49. The molecule has 3 heteroatoms. The molecule has 0 bridgehead atoms. The van der Waals surface area contributed by atoms with Gasteiger partial charge in [0.05, 0.1) is 12.3 Å². The van der Waals surface area contributed by atoms with Gasteiger partial charge < -0.3 is 10.8 Å². The van der Waals surface area contributed by atoms with Crippen LogP contribution in [0.5, 0.6) is 0 Å². The number of hydrogen-bond donors (Lipinski definition) is 2. The van der Waals surface area contributed by atoms with Crippen molar-refractivity contribution < 1.29 is 5.11 Å². The molecule has 1 aromatic carbocycles. The van der Waals surface area contributed by atoms with Gasteiger partial charge in [0.15, 0.2) is 0 Å². The van der Waals surface area contributed by atoms with Crippen LogP contribution in [0.1, 0.15) is 23.5 Å². The number of aromatic nitrogens is 1. The quantitative estimate of drug-likeness (QED) is 0.863. The van der Waals surface area contributed by atoms with Gasteiger partial charge in [-0.05, 0) is 23.6 Å². The molecule has 2 aromatic rings. The van der Waals surface area contributed by atoms with Crippen LogP contribution in [-0.2, 0) is 6.61 Å². The zero-order chi connectivity index (χ0) is 12.5. The highest BCUT2D eigenvalue weighted by Gasteiger charge is 2.34. The molecule has 1 aliphatic carbocycles. The predicted molar refractivity (Wildman–Crippen MR) is 70.9 cm³/mol. The largest absolute Gasteiger partial charge is 0.392 e. The van der Waals surface area contributed by atoms with Crippen LogP contribution < -0.4 is 5.73 Å². The van der Waals surface area contributed by atoms with Crippen LogP contribution in [0.4, 0.5) is 0 Å². The van der Waals surface area contributed by atoms with E-state index in [4.69, 9.17) is 10.8 Å². The van der Waals surface area contributed by atoms with Crippen molar-refractivity contribution in [2.45, 2.75) is 25.0 Å². The summed E-state index contributed by atoms with van der Waals surface area (Å²) in [5, 5.41) is 9.00. The number of hydrogen-bond acceptors (Lipinski definition) is 3. The highest BCUT2D eigenvalue weighted by atomic mass is 16.3. The highest BCUT2D eigenvalue weighted by Crippen LogP contribution is 2.38. The molecule has 1 aliphatic rings. The molecule has 0 saturated heterocycles. The second-order valence-corrected chi connectivity index (χ2v) is 4.84. The number of aliphatic hydroxyl groups excluding tert-OH is 1. The fraction of sp³-hybridized carbons (Fsp3) is 0.267. The number of pyridine rings is 1. The number of nitrogens with zero attached hydrogens (tertiary/aromatic N) is 1. The minimum atomic E-state index is 0.0756. The predicted octanol–water partition coefficient (Wildman–Crippen LogP) is 2.06. The van der Waals surface area contributed by atoms with E-state index < -0.39 is 0 Å². The summed E-state index contributed by atoms with van der Waals surface area (Å²) in [6.07, 6.45) is 3.00. The Morgan fingerprint density at radius 3 is 2.39 bits per heavy atom. The smallest absolute Gasteiger partial charge is 0.0702 e. The summed E-state index contributed by atoms with van der Waals surface area (Å²) in [6, 6.07) is 12.3. The summed E-state index contributed by atoms with van der Waals surface area (Å²) in [7, 11) is 0. The summed E-state index contributed by atoms with van der Waals surface area (Å²) in [4.78, 5) is 4.48. The van der Waals surface area contributed by atoms with Crippen molar-refractivity contribution >= 4 is 0 Å².